The van der Waals surface area contributed by atoms with Crippen molar-refractivity contribution in [2.45, 2.75) is 265 Å². The van der Waals surface area contributed by atoms with E-state index in [4.69, 9.17) is 14.2 Å². The van der Waals surface area contributed by atoms with Crippen molar-refractivity contribution in [2.75, 3.05) is 13.2 Å². The van der Waals surface area contributed by atoms with Crippen LogP contribution >= 0.6 is 0 Å². The number of carbonyl (C=O) groups excluding carboxylic acids is 3. The number of carbonyl (C=O) groups is 3. The Morgan fingerprint density at radius 3 is 0.907 bits per heavy atom. The number of hydrogen-bond donors (Lipinski definition) is 0. The summed E-state index contributed by atoms with van der Waals surface area (Å²) in [7, 11) is 0. The van der Waals surface area contributed by atoms with Crippen molar-refractivity contribution in [1.82, 2.24) is 0 Å². The maximum atomic E-state index is 12.7. The molecule has 6 heteroatoms. The van der Waals surface area contributed by atoms with E-state index in [1.165, 1.54) is 148 Å². The Labute approximate surface area is 336 Å². The zero-order valence-corrected chi connectivity index (χ0v) is 36.8. The summed E-state index contributed by atoms with van der Waals surface area (Å²) in [6.07, 6.45) is 39.5. The lowest BCUT2D eigenvalue weighted by atomic mass is 10.0. The van der Waals surface area contributed by atoms with Crippen LogP contribution in [0.2, 0.25) is 0 Å². The van der Waals surface area contributed by atoms with Crippen molar-refractivity contribution >= 4 is 17.9 Å². The quantitative estimate of drug-likeness (QED) is 0.0350. The van der Waals surface area contributed by atoms with E-state index < -0.39 is 6.10 Å². The summed E-state index contributed by atoms with van der Waals surface area (Å²) in [5.41, 5.74) is 0. The second-order valence-electron chi connectivity index (χ2n) is 17.3. The van der Waals surface area contributed by atoms with Crippen LogP contribution < -0.4 is 0 Å². The number of esters is 3. The normalized spacial score (nSPS) is 12.1. The summed E-state index contributed by atoms with van der Waals surface area (Å²) in [5.74, 6) is 0.748. The molecular weight excluding hydrogens is 673 g/mol. The van der Waals surface area contributed by atoms with Crippen LogP contribution in [0, 0.1) is 11.8 Å². The maximum Gasteiger partial charge on any atom is 0.306 e. The first-order chi connectivity index (χ1) is 26.2. The first-order valence-electron chi connectivity index (χ1n) is 23.7. The highest BCUT2D eigenvalue weighted by molar-refractivity contribution is 5.71. The summed E-state index contributed by atoms with van der Waals surface area (Å²) >= 11 is 0. The third kappa shape index (κ3) is 41.6. The van der Waals surface area contributed by atoms with Gasteiger partial charge in [-0.15, -0.1) is 0 Å². The van der Waals surface area contributed by atoms with Gasteiger partial charge in [-0.25, -0.2) is 0 Å². The molecule has 0 spiro atoms. The van der Waals surface area contributed by atoms with Crippen molar-refractivity contribution in [3.63, 3.8) is 0 Å². The lowest BCUT2D eigenvalue weighted by Gasteiger charge is -2.18. The highest BCUT2D eigenvalue weighted by Gasteiger charge is 2.19. The number of unbranched alkanes of at least 4 members (excludes halogenated alkanes) is 27. The predicted octanol–water partition coefficient (Wildman–Crippen LogP) is 15.0. The third-order valence-electron chi connectivity index (χ3n) is 10.7. The Balaban J connectivity index is 4.34. The van der Waals surface area contributed by atoms with Gasteiger partial charge in [-0.1, -0.05) is 221 Å². The van der Waals surface area contributed by atoms with Gasteiger partial charge in [-0.3, -0.25) is 14.4 Å². The molecular formula is C48H92O6. The van der Waals surface area contributed by atoms with Crippen LogP contribution in [0.3, 0.4) is 0 Å². The molecule has 0 aliphatic rings. The van der Waals surface area contributed by atoms with E-state index in [-0.39, 0.29) is 31.1 Å². The van der Waals surface area contributed by atoms with E-state index in [9.17, 15) is 14.4 Å². The highest BCUT2D eigenvalue weighted by atomic mass is 16.6. The average molecular weight is 765 g/mol. The molecule has 0 radical (unpaired) electrons. The fourth-order valence-electron chi connectivity index (χ4n) is 7.11. The summed E-state index contributed by atoms with van der Waals surface area (Å²) < 4.78 is 16.7. The van der Waals surface area contributed by atoms with Crippen LogP contribution in [-0.4, -0.2) is 37.2 Å². The summed E-state index contributed by atoms with van der Waals surface area (Å²) in [4.78, 5) is 37.8. The van der Waals surface area contributed by atoms with Crippen molar-refractivity contribution in [1.29, 1.82) is 0 Å². The second kappa shape index (κ2) is 41.1. The summed E-state index contributed by atoms with van der Waals surface area (Å²) in [6.45, 7) is 11.3. The molecule has 0 aliphatic heterocycles. The predicted molar refractivity (Wildman–Crippen MR) is 229 cm³/mol. The first kappa shape index (κ1) is 52.4. The standard InChI is InChI=1S/C48H92O6/c1-6-7-8-9-10-11-12-13-14-17-25-30-35-40-48(51)54-45(42-53-47(50)39-34-29-24-20-19-22-27-32-37-44(4)5)41-52-46(49)38-33-28-23-18-15-16-21-26-31-36-43(2)3/h43-45H,6-42H2,1-5H3/t45-/m1/s1. The molecule has 0 fully saturated rings. The minimum atomic E-state index is -0.761. The molecule has 0 bridgehead atoms. The fourth-order valence-corrected chi connectivity index (χ4v) is 7.11. The Hall–Kier alpha value is -1.59. The molecule has 0 saturated carbocycles. The summed E-state index contributed by atoms with van der Waals surface area (Å²) in [6, 6.07) is 0. The highest BCUT2D eigenvalue weighted by Crippen LogP contribution is 2.17. The van der Waals surface area contributed by atoms with Crippen LogP contribution in [-0.2, 0) is 28.6 Å². The van der Waals surface area contributed by atoms with Crippen molar-refractivity contribution in [3.8, 4) is 0 Å². The third-order valence-corrected chi connectivity index (χ3v) is 10.7. The van der Waals surface area contributed by atoms with Gasteiger partial charge in [-0.05, 0) is 31.1 Å². The molecule has 0 aliphatic carbocycles. The molecule has 1 atom stereocenters. The molecule has 0 aromatic heterocycles. The minimum Gasteiger partial charge on any atom is -0.462 e. The maximum absolute atomic E-state index is 12.7. The molecule has 0 rings (SSSR count). The number of rotatable bonds is 42. The topological polar surface area (TPSA) is 78.9 Å². The SMILES string of the molecule is CCCCCCCCCCCCCCCC(=O)O[C@H](COC(=O)CCCCCCCCCCCC(C)C)COC(=O)CCCCCCCCCCC(C)C. The molecule has 0 unspecified atom stereocenters. The smallest absolute Gasteiger partial charge is 0.306 e. The number of hydrogen-bond acceptors (Lipinski definition) is 6. The van der Waals surface area contributed by atoms with Gasteiger partial charge in [0.2, 0.25) is 0 Å². The van der Waals surface area contributed by atoms with E-state index in [1.807, 2.05) is 0 Å². The fraction of sp³-hybridized carbons (Fsp3) is 0.938. The van der Waals surface area contributed by atoms with Gasteiger partial charge in [0.1, 0.15) is 13.2 Å². The molecule has 0 N–H and O–H groups in total. The molecule has 0 heterocycles. The lowest BCUT2D eigenvalue weighted by molar-refractivity contribution is -0.167. The molecule has 0 saturated heterocycles. The zero-order valence-electron chi connectivity index (χ0n) is 36.8. The Morgan fingerprint density at radius 2 is 0.611 bits per heavy atom. The van der Waals surface area contributed by atoms with Crippen molar-refractivity contribution in [2.24, 2.45) is 11.8 Å². The second-order valence-corrected chi connectivity index (χ2v) is 17.3. The van der Waals surface area contributed by atoms with Gasteiger partial charge >= 0.3 is 17.9 Å². The van der Waals surface area contributed by atoms with Gasteiger partial charge in [0, 0.05) is 19.3 Å². The monoisotopic (exact) mass is 765 g/mol. The minimum absolute atomic E-state index is 0.0650. The summed E-state index contributed by atoms with van der Waals surface area (Å²) in [5, 5.41) is 0. The molecule has 0 aromatic rings. The average Bonchev–Trinajstić information content (AvgIpc) is 3.14. The lowest BCUT2D eigenvalue weighted by Crippen LogP contribution is -2.30. The Morgan fingerprint density at radius 1 is 0.352 bits per heavy atom. The van der Waals surface area contributed by atoms with Crippen molar-refractivity contribution < 1.29 is 28.6 Å². The van der Waals surface area contributed by atoms with Gasteiger partial charge in [0.15, 0.2) is 6.10 Å². The molecule has 320 valence electrons. The van der Waals surface area contributed by atoms with Gasteiger partial charge in [0.05, 0.1) is 0 Å². The molecule has 54 heavy (non-hydrogen) atoms. The van der Waals surface area contributed by atoms with E-state index in [0.717, 1.165) is 69.6 Å². The molecule has 6 nitrogen and oxygen atoms in total. The van der Waals surface area contributed by atoms with E-state index >= 15 is 0 Å². The van der Waals surface area contributed by atoms with Gasteiger partial charge in [0.25, 0.3) is 0 Å². The van der Waals surface area contributed by atoms with Crippen LogP contribution in [0.25, 0.3) is 0 Å². The van der Waals surface area contributed by atoms with Crippen molar-refractivity contribution in [3.05, 3.63) is 0 Å². The van der Waals surface area contributed by atoms with Crippen LogP contribution in [0.4, 0.5) is 0 Å². The van der Waals surface area contributed by atoms with Crippen LogP contribution in [0.5, 0.6) is 0 Å². The largest absolute Gasteiger partial charge is 0.462 e. The van der Waals surface area contributed by atoms with Gasteiger partial charge in [-0.2, -0.15) is 0 Å². The Bertz CT molecular complexity index is 824. The van der Waals surface area contributed by atoms with Gasteiger partial charge < -0.3 is 14.2 Å². The first-order valence-corrected chi connectivity index (χ1v) is 23.7. The molecule has 0 aromatic carbocycles. The number of ether oxygens (including phenoxy) is 3. The Kier molecular flexibility index (Phi) is 39.8. The zero-order chi connectivity index (χ0) is 39.7. The van der Waals surface area contributed by atoms with E-state index in [2.05, 4.69) is 34.6 Å². The van der Waals surface area contributed by atoms with E-state index in [0.29, 0.717) is 19.3 Å². The molecule has 0 amide bonds. The van der Waals surface area contributed by atoms with Crippen LogP contribution in [0.15, 0.2) is 0 Å². The van der Waals surface area contributed by atoms with E-state index in [1.54, 1.807) is 0 Å². The van der Waals surface area contributed by atoms with Crippen LogP contribution in [0.1, 0.15) is 259 Å².